The van der Waals surface area contributed by atoms with Crippen molar-refractivity contribution in [2.24, 2.45) is 0 Å². The molecule has 0 N–H and O–H groups in total. The van der Waals surface area contributed by atoms with Crippen molar-refractivity contribution >= 4 is 17.1 Å². The molecule has 1 heteroatoms. The van der Waals surface area contributed by atoms with E-state index < -0.39 is 0 Å². The maximum atomic E-state index is 2.53. The fraction of sp³-hybridized carbons (Fsp3) is 0.115. The third-order valence-corrected chi connectivity index (χ3v) is 13.0. The molecule has 1 unspecified atom stereocenters. The molecule has 9 aromatic rings. The highest BCUT2D eigenvalue weighted by atomic mass is 15.1. The number of nitrogens with zero attached hydrogens (tertiary/aromatic N) is 1. The maximum absolute atomic E-state index is 2.53. The number of hydrogen-bond donors (Lipinski definition) is 0. The van der Waals surface area contributed by atoms with Crippen molar-refractivity contribution in [1.82, 2.24) is 0 Å². The molecule has 10 rings (SSSR count). The molecule has 1 nitrogen and oxygen atoms in total. The average Bonchev–Trinajstić information content (AvgIpc) is 3.65. The van der Waals surface area contributed by atoms with Crippen LogP contribution in [0.2, 0.25) is 0 Å². The summed E-state index contributed by atoms with van der Waals surface area (Å²) in [6, 6.07) is 76.4. The SMILES string of the molecule is CCCC1c2ccccc2-c2c(N(c3ccc(-c4cccc(-c5ccccc5C)c4C)cc3)c3cc(-c4ccccc4)cc(-c4ccccc4)c3)ccc(-c3ccccc3C)c21. The van der Waals surface area contributed by atoms with E-state index in [0.29, 0.717) is 5.92 Å². The molecule has 300 valence electrons. The molecule has 0 aromatic heterocycles. The summed E-state index contributed by atoms with van der Waals surface area (Å²) in [5.41, 5.74) is 25.3. The lowest BCUT2D eigenvalue weighted by atomic mass is 9.85. The van der Waals surface area contributed by atoms with E-state index in [-0.39, 0.29) is 0 Å². The molecule has 0 heterocycles. The predicted molar refractivity (Wildman–Crippen MR) is 265 cm³/mol. The number of benzene rings is 9. The minimum absolute atomic E-state index is 0.295. The van der Waals surface area contributed by atoms with Crippen LogP contribution >= 0.6 is 0 Å². The van der Waals surface area contributed by atoms with Gasteiger partial charge >= 0.3 is 0 Å². The predicted octanol–water partition coefficient (Wildman–Crippen LogP) is 17.3. The van der Waals surface area contributed by atoms with Crippen molar-refractivity contribution in [3.05, 3.63) is 234 Å². The fourth-order valence-electron chi connectivity index (χ4n) is 9.99. The van der Waals surface area contributed by atoms with Gasteiger partial charge in [0, 0.05) is 22.9 Å². The van der Waals surface area contributed by atoms with Crippen LogP contribution in [0.25, 0.3) is 66.8 Å². The maximum Gasteiger partial charge on any atom is 0.0543 e. The molecule has 1 atom stereocenters. The van der Waals surface area contributed by atoms with E-state index in [1.165, 1.54) is 100 Å². The Balaban J connectivity index is 1.23. The molecule has 62 heavy (non-hydrogen) atoms. The van der Waals surface area contributed by atoms with Crippen LogP contribution in [0, 0.1) is 20.8 Å². The second-order valence-electron chi connectivity index (χ2n) is 16.8. The van der Waals surface area contributed by atoms with Gasteiger partial charge in [-0.05, 0) is 153 Å². The van der Waals surface area contributed by atoms with E-state index in [1.807, 2.05) is 0 Å². The summed E-state index contributed by atoms with van der Waals surface area (Å²) in [5.74, 6) is 0.295. The molecular weight excluding hydrogens is 747 g/mol. The number of anilines is 3. The molecule has 0 fully saturated rings. The van der Waals surface area contributed by atoms with Gasteiger partial charge in [0.2, 0.25) is 0 Å². The zero-order valence-electron chi connectivity index (χ0n) is 36.1. The molecule has 0 radical (unpaired) electrons. The summed E-state index contributed by atoms with van der Waals surface area (Å²) in [7, 11) is 0. The number of aryl methyl sites for hydroxylation is 2. The third-order valence-electron chi connectivity index (χ3n) is 13.0. The first-order valence-electron chi connectivity index (χ1n) is 22.1. The summed E-state index contributed by atoms with van der Waals surface area (Å²) in [5, 5.41) is 0. The minimum atomic E-state index is 0.295. The van der Waals surface area contributed by atoms with E-state index in [1.54, 1.807) is 0 Å². The van der Waals surface area contributed by atoms with Gasteiger partial charge in [0.05, 0.1) is 5.69 Å². The standard InChI is InChI=1S/C61H51N/c1-5-19-56-55-28-16-17-29-57(55)61-59(37-36-58(60(56)61)52-27-15-13-21-42(52)3)62(50-39-47(44-22-8-6-9-23-44)38-48(40-50)45-24-10-7-11-25-45)49-34-32-46(33-35-49)53-30-18-31-54(43(53)4)51-26-14-12-20-41(51)2/h6-18,20-40,56H,5,19H2,1-4H3. The summed E-state index contributed by atoms with van der Waals surface area (Å²) < 4.78 is 0. The minimum Gasteiger partial charge on any atom is -0.310 e. The zero-order chi connectivity index (χ0) is 42.2. The van der Waals surface area contributed by atoms with Crippen LogP contribution in [-0.4, -0.2) is 0 Å². The van der Waals surface area contributed by atoms with Gasteiger partial charge in [-0.2, -0.15) is 0 Å². The Kier molecular flexibility index (Phi) is 10.5. The van der Waals surface area contributed by atoms with Crippen molar-refractivity contribution in [3.8, 4) is 66.8 Å². The van der Waals surface area contributed by atoms with Gasteiger partial charge in [0.15, 0.2) is 0 Å². The third kappa shape index (κ3) is 7.04. The topological polar surface area (TPSA) is 3.24 Å². The highest BCUT2D eigenvalue weighted by Crippen LogP contribution is 2.56. The van der Waals surface area contributed by atoms with E-state index in [4.69, 9.17) is 0 Å². The lowest BCUT2D eigenvalue weighted by Gasteiger charge is -2.30. The smallest absolute Gasteiger partial charge is 0.0543 e. The van der Waals surface area contributed by atoms with Crippen LogP contribution in [-0.2, 0) is 0 Å². The normalized spacial score (nSPS) is 12.8. The summed E-state index contributed by atoms with van der Waals surface area (Å²) in [6.45, 7) is 9.04. The van der Waals surface area contributed by atoms with Crippen LogP contribution in [0.15, 0.2) is 206 Å². The quantitative estimate of drug-likeness (QED) is 0.133. The molecule has 0 spiro atoms. The van der Waals surface area contributed by atoms with Gasteiger partial charge in [-0.1, -0.05) is 183 Å². The van der Waals surface area contributed by atoms with E-state index >= 15 is 0 Å². The zero-order valence-corrected chi connectivity index (χ0v) is 36.1. The second-order valence-corrected chi connectivity index (χ2v) is 16.8. The monoisotopic (exact) mass is 797 g/mol. The van der Waals surface area contributed by atoms with Crippen LogP contribution < -0.4 is 4.90 Å². The molecule has 0 saturated heterocycles. The van der Waals surface area contributed by atoms with Gasteiger partial charge in [-0.15, -0.1) is 0 Å². The Morgan fingerprint density at radius 3 is 1.53 bits per heavy atom. The van der Waals surface area contributed by atoms with Crippen molar-refractivity contribution < 1.29 is 0 Å². The molecule has 0 aliphatic heterocycles. The fourth-order valence-corrected chi connectivity index (χ4v) is 9.99. The van der Waals surface area contributed by atoms with Gasteiger partial charge in [0.25, 0.3) is 0 Å². The second kappa shape index (κ2) is 16.7. The molecule has 1 aliphatic rings. The molecule has 0 bridgehead atoms. The lowest BCUT2D eigenvalue weighted by Crippen LogP contribution is -2.12. The van der Waals surface area contributed by atoms with Crippen molar-refractivity contribution in [2.75, 3.05) is 4.90 Å². The molecule has 1 aliphatic carbocycles. The summed E-state index contributed by atoms with van der Waals surface area (Å²) in [6.07, 6.45) is 2.19. The highest BCUT2D eigenvalue weighted by Gasteiger charge is 2.35. The number of fused-ring (bicyclic) bond motifs is 3. The Hall–Kier alpha value is -7.22. The van der Waals surface area contributed by atoms with Gasteiger partial charge in [-0.25, -0.2) is 0 Å². The Morgan fingerprint density at radius 1 is 0.387 bits per heavy atom. The first-order valence-corrected chi connectivity index (χ1v) is 22.1. The van der Waals surface area contributed by atoms with Crippen LogP contribution in [0.3, 0.4) is 0 Å². The van der Waals surface area contributed by atoms with E-state index in [9.17, 15) is 0 Å². The molecule has 0 saturated carbocycles. The Labute approximate surface area is 367 Å². The van der Waals surface area contributed by atoms with Crippen LogP contribution in [0.1, 0.15) is 53.5 Å². The van der Waals surface area contributed by atoms with Crippen LogP contribution in [0.5, 0.6) is 0 Å². The van der Waals surface area contributed by atoms with Gasteiger partial charge in [0.1, 0.15) is 0 Å². The van der Waals surface area contributed by atoms with Crippen LogP contribution in [0.4, 0.5) is 17.1 Å². The highest BCUT2D eigenvalue weighted by molar-refractivity contribution is 5.99. The molecular formula is C61H51N. The van der Waals surface area contributed by atoms with Crippen molar-refractivity contribution in [1.29, 1.82) is 0 Å². The van der Waals surface area contributed by atoms with Crippen molar-refractivity contribution in [3.63, 3.8) is 0 Å². The summed E-state index contributed by atoms with van der Waals surface area (Å²) in [4.78, 5) is 2.53. The molecule has 9 aromatic carbocycles. The lowest BCUT2D eigenvalue weighted by molar-refractivity contribution is 0.712. The number of hydrogen-bond acceptors (Lipinski definition) is 1. The largest absolute Gasteiger partial charge is 0.310 e. The first-order chi connectivity index (χ1) is 30.5. The van der Waals surface area contributed by atoms with E-state index in [0.717, 1.165) is 24.2 Å². The van der Waals surface area contributed by atoms with E-state index in [2.05, 4.69) is 239 Å². The summed E-state index contributed by atoms with van der Waals surface area (Å²) >= 11 is 0. The Morgan fingerprint density at radius 2 is 0.919 bits per heavy atom. The molecule has 0 amide bonds. The average molecular weight is 798 g/mol. The Bertz CT molecular complexity index is 2990. The first kappa shape index (κ1) is 38.9. The number of rotatable bonds is 10. The van der Waals surface area contributed by atoms with Gasteiger partial charge in [-0.3, -0.25) is 0 Å². The van der Waals surface area contributed by atoms with Gasteiger partial charge < -0.3 is 4.90 Å². The van der Waals surface area contributed by atoms with Crippen molar-refractivity contribution in [2.45, 2.75) is 46.5 Å².